The van der Waals surface area contributed by atoms with Crippen LogP contribution in [0.15, 0.2) is 23.1 Å². The Labute approximate surface area is 126 Å². The van der Waals surface area contributed by atoms with Gasteiger partial charge in [-0.25, -0.2) is 8.42 Å². The number of carbonyl (C=O) groups is 1. The van der Waals surface area contributed by atoms with Gasteiger partial charge in [0.15, 0.2) is 0 Å². The number of rotatable bonds is 4. The minimum absolute atomic E-state index is 0.00779. The Hall–Kier alpha value is -1.82. The van der Waals surface area contributed by atoms with Crippen LogP contribution in [0.5, 0.6) is 0 Å². The molecule has 1 atom stereocenters. The maximum Gasteiger partial charge on any atom is 0.416 e. The number of halogens is 6. The molecule has 0 unspecified atom stereocenters. The van der Waals surface area contributed by atoms with Gasteiger partial charge in [0.05, 0.1) is 16.0 Å². The van der Waals surface area contributed by atoms with E-state index in [0.29, 0.717) is 0 Å². The van der Waals surface area contributed by atoms with E-state index in [0.717, 1.165) is 6.92 Å². The molecule has 0 saturated carbocycles. The van der Waals surface area contributed by atoms with Gasteiger partial charge in [-0.3, -0.25) is 4.79 Å². The van der Waals surface area contributed by atoms with E-state index in [9.17, 15) is 39.6 Å². The van der Waals surface area contributed by atoms with Gasteiger partial charge in [-0.15, -0.1) is 0 Å². The molecule has 1 rings (SSSR count). The number of carboxylic acid groups (broad SMARTS) is 1. The summed E-state index contributed by atoms with van der Waals surface area (Å²) >= 11 is 0. The van der Waals surface area contributed by atoms with Gasteiger partial charge in [0, 0.05) is 0 Å². The first kappa shape index (κ1) is 19.2. The van der Waals surface area contributed by atoms with E-state index in [1.807, 2.05) is 0 Å². The molecular formula is C11H9F6NO4S. The molecular weight excluding hydrogens is 356 g/mol. The third-order valence-corrected chi connectivity index (χ3v) is 4.09. The van der Waals surface area contributed by atoms with Crippen LogP contribution in [0.1, 0.15) is 18.1 Å². The maximum atomic E-state index is 12.6. The van der Waals surface area contributed by atoms with Gasteiger partial charge in [-0.2, -0.15) is 31.1 Å². The molecule has 0 saturated heterocycles. The highest BCUT2D eigenvalue weighted by molar-refractivity contribution is 7.89. The summed E-state index contributed by atoms with van der Waals surface area (Å²) in [6.07, 6.45) is -10.4. The molecule has 0 heterocycles. The first-order valence-corrected chi connectivity index (χ1v) is 7.17. The highest BCUT2D eigenvalue weighted by Gasteiger charge is 2.38. The van der Waals surface area contributed by atoms with Gasteiger partial charge >= 0.3 is 18.3 Å². The van der Waals surface area contributed by atoms with Crippen molar-refractivity contribution in [2.45, 2.75) is 30.2 Å². The second-order valence-electron chi connectivity index (χ2n) is 4.42. The molecule has 0 aliphatic rings. The van der Waals surface area contributed by atoms with Crippen molar-refractivity contribution in [1.29, 1.82) is 0 Å². The van der Waals surface area contributed by atoms with E-state index in [2.05, 4.69) is 0 Å². The molecule has 0 radical (unpaired) electrons. The summed E-state index contributed by atoms with van der Waals surface area (Å²) in [5, 5.41) is 8.57. The topological polar surface area (TPSA) is 83.5 Å². The molecule has 0 bridgehead atoms. The van der Waals surface area contributed by atoms with Crippen LogP contribution in [0.25, 0.3) is 0 Å². The number of benzene rings is 1. The molecule has 0 amide bonds. The second kappa shape index (κ2) is 6.00. The predicted octanol–water partition coefficient (Wildman–Crippen LogP) is 2.48. The number of aliphatic carboxylic acids is 1. The molecule has 1 aromatic carbocycles. The molecule has 0 aliphatic heterocycles. The van der Waals surface area contributed by atoms with Crippen molar-refractivity contribution in [3.63, 3.8) is 0 Å². The van der Waals surface area contributed by atoms with Gasteiger partial charge in [-0.05, 0) is 25.1 Å². The minimum Gasteiger partial charge on any atom is -0.480 e. The Balaban J connectivity index is 3.49. The SMILES string of the molecule is C[C@@H](NS(=O)(=O)c1cc(C(F)(F)F)cc(C(F)(F)F)c1)C(=O)O. The first-order chi connectivity index (χ1) is 10.1. The van der Waals surface area contributed by atoms with Gasteiger partial charge < -0.3 is 5.11 Å². The number of carboxylic acids is 1. The molecule has 0 spiro atoms. The summed E-state index contributed by atoms with van der Waals surface area (Å²) in [6, 6.07) is -2.00. The van der Waals surface area contributed by atoms with Crippen LogP contribution in [0.4, 0.5) is 26.3 Å². The fourth-order valence-corrected chi connectivity index (χ4v) is 2.70. The zero-order valence-electron chi connectivity index (χ0n) is 11.2. The Morgan fingerprint density at radius 3 is 1.74 bits per heavy atom. The average Bonchev–Trinajstić information content (AvgIpc) is 2.35. The minimum atomic E-state index is -5.22. The highest BCUT2D eigenvalue weighted by Crippen LogP contribution is 2.37. The fourth-order valence-electron chi connectivity index (χ4n) is 1.43. The number of hydrogen-bond donors (Lipinski definition) is 2. The van der Waals surface area contributed by atoms with Crippen molar-refractivity contribution in [2.75, 3.05) is 0 Å². The van der Waals surface area contributed by atoms with Crippen molar-refractivity contribution in [3.05, 3.63) is 29.3 Å². The van der Waals surface area contributed by atoms with Crippen LogP contribution >= 0.6 is 0 Å². The van der Waals surface area contributed by atoms with E-state index < -0.39 is 50.4 Å². The van der Waals surface area contributed by atoms with Crippen LogP contribution in [0, 0.1) is 0 Å². The highest BCUT2D eigenvalue weighted by atomic mass is 32.2. The van der Waals surface area contributed by atoms with E-state index in [-0.39, 0.29) is 18.2 Å². The van der Waals surface area contributed by atoms with Crippen molar-refractivity contribution < 1.29 is 44.7 Å². The first-order valence-electron chi connectivity index (χ1n) is 5.69. The van der Waals surface area contributed by atoms with Crippen LogP contribution < -0.4 is 4.72 Å². The predicted molar refractivity (Wildman–Crippen MR) is 63.9 cm³/mol. The summed E-state index contributed by atoms with van der Waals surface area (Å²) in [4.78, 5) is 9.23. The van der Waals surface area contributed by atoms with Crippen LogP contribution in [-0.4, -0.2) is 25.5 Å². The number of nitrogens with one attached hydrogen (secondary N) is 1. The average molecular weight is 365 g/mol. The zero-order chi connectivity index (χ0) is 18.2. The molecule has 23 heavy (non-hydrogen) atoms. The van der Waals surface area contributed by atoms with Crippen molar-refractivity contribution in [2.24, 2.45) is 0 Å². The monoisotopic (exact) mass is 365 g/mol. The van der Waals surface area contributed by atoms with E-state index in [1.54, 1.807) is 0 Å². The number of sulfonamides is 1. The Kier molecular flexibility index (Phi) is 5.01. The molecule has 2 N–H and O–H groups in total. The summed E-state index contributed by atoms with van der Waals surface area (Å²) in [6.45, 7) is 0.859. The van der Waals surface area contributed by atoms with E-state index >= 15 is 0 Å². The zero-order valence-corrected chi connectivity index (χ0v) is 12.0. The van der Waals surface area contributed by atoms with Gasteiger partial charge in [0.25, 0.3) is 0 Å². The van der Waals surface area contributed by atoms with Gasteiger partial charge in [0.1, 0.15) is 6.04 Å². The Bertz CT molecular complexity index is 678. The largest absolute Gasteiger partial charge is 0.480 e. The van der Waals surface area contributed by atoms with Gasteiger partial charge in [0.2, 0.25) is 10.0 Å². The van der Waals surface area contributed by atoms with E-state index in [1.165, 1.54) is 4.72 Å². The van der Waals surface area contributed by atoms with Crippen LogP contribution in [0.3, 0.4) is 0 Å². The van der Waals surface area contributed by atoms with Crippen molar-refractivity contribution in [3.8, 4) is 0 Å². The molecule has 12 heteroatoms. The third-order valence-electron chi connectivity index (χ3n) is 2.57. The second-order valence-corrected chi connectivity index (χ2v) is 6.14. The lowest BCUT2D eigenvalue weighted by molar-refractivity contribution is -0.143. The lowest BCUT2D eigenvalue weighted by Gasteiger charge is -2.15. The van der Waals surface area contributed by atoms with Crippen LogP contribution in [0.2, 0.25) is 0 Å². The lowest BCUT2D eigenvalue weighted by Crippen LogP contribution is -2.38. The van der Waals surface area contributed by atoms with Crippen molar-refractivity contribution in [1.82, 2.24) is 4.72 Å². The molecule has 1 aromatic rings. The van der Waals surface area contributed by atoms with Crippen LogP contribution in [-0.2, 0) is 27.2 Å². The molecule has 0 aliphatic carbocycles. The van der Waals surface area contributed by atoms with E-state index in [4.69, 9.17) is 5.11 Å². The quantitative estimate of drug-likeness (QED) is 0.803. The standard InChI is InChI=1S/C11H9F6NO4S/c1-5(9(19)20)18-23(21,22)8-3-6(10(12,13)14)2-7(4-8)11(15,16)17/h2-5,18H,1H3,(H,19,20)/t5-/m1/s1. The smallest absolute Gasteiger partial charge is 0.416 e. The molecule has 0 aromatic heterocycles. The van der Waals surface area contributed by atoms with Crippen molar-refractivity contribution >= 4 is 16.0 Å². The summed E-state index contributed by atoms with van der Waals surface area (Å²) in [5.74, 6) is -1.66. The summed E-state index contributed by atoms with van der Waals surface area (Å²) in [5.41, 5.74) is -3.65. The number of alkyl halides is 6. The lowest BCUT2D eigenvalue weighted by atomic mass is 10.1. The Morgan fingerprint density at radius 1 is 1.04 bits per heavy atom. The Morgan fingerprint density at radius 2 is 1.43 bits per heavy atom. The molecule has 130 valence electrons. The maximum absolute atomic E-state index is 12.6. The number of hydrogen-bond acceptors (Lipinski definition) is 3. The normalized spacial score (nSPS) is 14.6. The third kappa shape index (κ3) is 4.82. The summed E-state index contributed by atoms with van der Waals surface area (Å²) in [7, 11) is -4.90. The fraction of sp³-hybridized carbons (Fsp3) is 0.364. The summed E-state index contributed by atoms with van der Waals surface area (Å²) < 4.78 is 101. The molecule has 0 fully saturated rings. The van der Waals surface area contributed by atoms with Gasteiger partial charge in [-0.1, -0.05) is 0 Å². The molecule has 5 nitrogen and oxygen atoms in total.